The molecule has 8 nitrogen and oxygen atoms in total. The van der Waals surface area contributed by atoms with Gasteiger partial charge in [0, 0.05) is 22.7 Å². The Hall–Kier alpha value is -2.82. The molecule has 0 aliphatic heterocycles. The van der Waals surface area contributed by atoms with E-state index < -0.39 is 18.0 Å². The monoisotopic (exact) mass is 705 g/mol. The number of hydrogen-bond acceptors (Lipinski definition) is 8. The van der Waals surface area contributed by atoms with Crippen LogP contribution >= 0.6 is 39.1 Å². The van der Waals surface area contributed by atoms with E-state index in [4.69, 9.17) is 38.4 Å². The molecule has 1 saturated carbocycles. The lowest BCUT2D eigenvalue weighted by molar-refractivity contribution is -0.146. The van der Waals surface area contributed by atoms with Crippen molar-refractivity contribution in [1.82, 2.24) is 4.90 Å². The standard InChI is InChI=1S/C33H38BrCl2N3O5/c1-2-39(24-10-4-3-5-11-24)18-23-15-22(16-26(34)31(23)37)33(42)44-20-25(40)19-43-30(41)17-21-9-6-7-14-29(21)38-32-27(35)12-8-13-28(32)36/h6-9,12-16,24-25,38,40H,2-5,10-11,17-20,37H2,1H3. The molecule has 1 aliphatic rings. The number of aliphatic hydroxyl groups is 1. The van der Waals surface area contributed by atoms with Crippen LogP contribution in [0.4, 0.5) is 17.1 Å². The third kappa shape index (κ3) is 9.34. The summed E-state index contributed by atoms with van der Waals surface area (Å²) < 4.78 is 11.2. The summed E-state index contributed by atoms with van der Waals surface area (Å²) in [7, 11) is 0. The summed E-state index contributed by atoms with van der Waals surface area (Å²) in [6, 6.07) is 16.2. The first kappa shape index (κ1) is 34.1. The summed E-state index contributed by atoms with van der Waals surface area (Å²) in [5.74, 6) is -1.16. The fourth-order valence-corrected chi connectivity index (χ4v) is 6.33. The Bertz CT molecular complexity index is 1430. The van der Waals surface area contributed by atoms with Gasteiger partial charge in [0.15, 0.2) is 0 Å². The summed E-state index contributed by atoms with van der Waals surface area (Å²) in [5.41, 5.74) is 9.95. The highest BCUT2D eigenvalue weighted by atomic mass is 79.9. The number of rotatable bonds is 13. The summed E-state index contributed by atoms with van der Waals surface area (Å²) in [6.45, 7) is 2.99. The van der Waals surface area contributed by atoms with Crippen LogP contribution in [0.2, 0.25) is 10.0 Å². The second-order valence-electron chi connectivity index (χ2n) is 10.9. The molecule has 1 aliphatic carbocycles. The lowest BCUT2D eigenvalue weighted by Crippen LogP contribution is -2.36. The van der Waals surface area contributed by atoms with Crippen LogP contribution in [0.5, 0.6) is 0 Å². The number of ether oxygens (including phenoxy) is 2. The first-order chi connectivity index (χ1) is 21.2. The first-order valence-electron chi connectivity index (χ1n) is 14.8. The number of hydrogen-bond donors (Lipinski definition) is 3. The van der Waals surface area contributed by atoms with E-state index in [0.29, 0.717) is 55.3 Å². The number of nitrogens with zero attached hydrogens (tertiary/aromatic N) is 1. The Balaban J connectivity index is 1.29. The van der Waals surface area contributed by atoms with Gasteiger partial charge in [0.2, 0.25) is 0 Å². The molecular formula is C33H38BrCl2N3O5. The molecule has 0 radical (unpaired) electrons. The van der Waals surface area contributed by atoms with Crippen molar-refractivity contribution >= 4 is 68.1 Å². The van der Waals surface area contributed by atoms with Gasteiger partial charge < -0.3 is 25.6 Å². The fourth-order valence-electron chi connectivity index (χ4n) is 5.33. The van der Waals surface area contributed by atoms with Gasteiger partial charge >= 0.3 is 11.9 Å². The minimum absolute atomic E-state index is 0.0599. The Morgan fingerprint density at radius 3 is 2.41 bits per heavy atom. The van der Waals surface area contributed by atoms with Crippen LogP contribution in [-0.2, 0) is 27.2 Å². The molecule has 4 N–H and O–H groups in total. The summed E-state index contributed by atoms with van der Waals surface area (Å²) in [6.07, 6.45) is 4.81. The van der Waals surface area contributed by atoms with Crippen molar-refractivity contribution in [2.75, 3.05) is 30.8 Å². The molecule has 1 unspecified atom stereocenters. The number of nitrogen functional groups attached to an aromatic ring is 1. The molecule has 3 aromatic rings. The number of aliphatic hydroxyl groups excluding tert-OH is 1. The van der Waals surface area contributed by atoms with E-state index in [0.717, 1.165) is 12.1 Å². The molecule has 0 saturated heterocycles. The molecule has 3 aromatic carbocycles. The average molecular weight is 707 g/mol. The average Bonchev–Trinajstić information content (AvgIpc) is 3.02. The smallest absolute Gasteiger partial charge is 0.338 e. The zero-order valence-electron chi connectivity index (χ0n) is 24.7. The number of nitrogens with two attached hydrogens (primary N) is 1. The summed E-state index contributed by atoms with van der Waals surface area (Å²) in [4.78, 5) is 27.9. The number of para-hydroxylation sites is 2. The van der Waals surface area contributed by atoms with Gasteiger partial charge in [-0.2, -0.15) is 0 Å². The van der Waals surface area contributed by atoms with Crippen LogP contribution in [0.15, 0.2) is 59.1 Å². The van der Waals surface area contributed by atoms with E-state index in [1.54, 1.807) is 48.5 Å². The van der Waals surface area contributed by atoms with Gasteiger partial charge in [0.25, 0.3) is 0 Å². The number of carbonyl (C=O) groups excluding carboxylic acids is 2. The number of nitrogens with one attached hydrogen (secondary N) is 1. The van der Waals surface area contributed by atoms with E-state index in [2.05, 4.69) is 33.1 Å². The molecule has 236 valence electrons. The number of benzene rings is 3. The van der Waals surface area contributed by atoms with Gasteiger partial charge in [-0.3, -0.25) is 9.69 Å². The molecule has 0 amide bonds. The van der Waals surface area contributed by atoms with Crippen molar-refractivity contribution < 1.29 is 24.2 Å². The number of anilines is 3. The largest absolute Gasteiger partial charge is 0.463 e. The molecular weight excluding hydrogens is 669 g/mol. The molecule has 11 heteroatoms. The number of carbonyl (C=O) groups is 2. The first-order valence-corrected chi connectivity index (χ1v) is 16.3. The van der Waals surface area contributed by atoms with E-state index >= 15 is 0 Å². The van der Waals surface area contributed by atoms with E-state index in [9.17, 15) is 14.7 Å². The van der Waals surface area contributed by atoms with E-state index in [1.807, 2.05) is 6.07 Å². The minimum atomic E-state index is -1.20. The van der Waals surface area contributed by atoms with Crippen LogP contribution in [0.3, 0.4) is 0 Å². The van der Waals surface area contributed by atoms with Crippen LogP contribution in [0, 0.1) is 0 Å². The highest BCUT2D eigenvalue weighted by Gasteiger charge is 2.23. The molecule has 0 aromatic heterocycles. The topological polar surface area (TPSA) is 114 Å². The Morgan fingerprint density at radius 2 is 1.70 bits per heavy atom. The van der Waals surface area contributed by atoms with Gasteiger partial charge in [0.1, 0.15) is 19.3 Å². The lowest BCUT2D eigenvalue weighted by atomic mass is 9.93. The van der Waals surface area contributed by atoms with E-state index in [1.165, 1.54) is 32.1 Å². The van der Waals surface area contributed by atoms with Crippen LogP contribution in [0.25, 0.3) is 0 Å². The summed E-state index contributed by atoms with van der Waals surface area (Å²) in [5, 5.41) is 14.4. The molecule has 4 rings (SSSR count). The van der Waals surface area contributed by atoms with E-state index in [-0.39, 0.29) is 19.6 Å². The Kier molecular flexibility index (Phi) is 12.8. The van der Waals surface area contributed by atoms with Crippen molar-refractivity contribution in [1.29, 1.82) is 0 Å². The van der Waals surface area contributed by atoms with Crippen molar-refractivity contribution in [3.8, 4) is 0 Å². The molecule has 0 spiro atoms. The van der Waals surface area contributed by atoms with Crippen LogP contribution < -0.4 is 11.1 Å². The predicted molar refractivity (Wildman–Crippen MR) is 179 cm³/mol. The number of esters is 2. The quantitative estimate of drug-likeness (QED) is 0.123. The zero-order valence-corrected chi connectivity index (χ0v) is 27.8. The van der Waals surface area contributed by atoms with Crippen LogP contribution in [0.1, 0.15) is 60.5 Å². The van der Waals surface area contributed by atoms with Crippen molar-refractivity contribution in [3.63, 3.8) is 0 Å². The molecule has 0 heterocycles. The van der Waals surface area contributed by atoms with Crippen molar-refractivity contribution in [2.24, 2.45) is 0 Å². The molecule has 0 bridgehead atoms. The lowest BCUT2D eigenvalue weighted by Gasteiger charge is -2.34. The third-order valence-corrected chi connectivity index (χ3v) is 9.03. The highest BCUT2D eigenvalue weighted by molar-refractivity contribution is 9.10. The summed E-state index contributed by atoms with van der Waals surface area (Å²) >= 11 is 16.0. The predicted octanol–water partition coefficient (Wildman–Crippen LogP) is 7.54. The van der Waals surface area contributed by atoms with Gasteiger partial charge in [-0.15, -0.1) is 0 Å². The highest BCUT2D eigenvalue weighted by Crippen LogP contribution is 2.34. The second-order valence-corrected chi connectivity index (χ2v) is 12.5. The Labute approximate surface area is 276 Å². The minimum Gasteiger partial charge on any atom is -0.463 e. The van der Waals surface area contributed by atoms with Gasteiger partial charge in [-0.1, -0.05) is 73.7 Å². The second kappa shape index (κ2) is 16.5. The molecule has 1 fully saturated rings. The maximum Gasteiger partial charge on any atom is 0.338 e. The molecule has 1 atom stereocenters. The van der Waals surface area contributed by atoms with Crippen molar-refractivity contribution in [3.05, 3.63) is 85.8 Å². The third-order valence-electron chi connectivity index (χ3n) is 7.74. The normalized spacial score (nSPS) is 14.3. The van der Waals surface area contributed by atoms with Gasteiger partial charge in [-0.25, -0.2) is 4.79 Å². The van der Waals surface area contributed by atoms with Crippen LogP contribution in [-0.4, -0.2) is 53.8 Å². The SMILES string of the molecule is CCN(Cc1cc(C(=O)OCC(O)COC(=O)Cc2ccccc2Nc2c(Cl)cccc2Cl)cc(Br)c1N)C1CCCCC1. The molecule has 44 heavy (non-hydrogen) atoms. The fraction of sp³-hybridized carbons (Fsp3) is 0.394. The van der Waals surface area contributed by atoms with Gasteiger partial charge in [0.05, 0.1) is 33.4 Å². The maximum atomic E-state index is 12.9. The number of halogens is 3. The van der Waals surface area contributed by atoms with Gasteiger partial charge in [-0.05, 0) is 76.8 Å². The maximum absolute atomic E-state index is 12.9. The zero-order chi connectivity index (χ0) is 31.6. The Morgan fingerprint density at radius 1 is 1.02 bits per heavy atom. The van der Waals surface area contributed by atoms with Crippen molar-refractivity contribution in [2.45, 2.75) is 64.1 Å².